The van der Waals surface area contributed by atoms with Crippen molar-refractivity contribution in [1.29, 1.82) is 0 Å². The summed E-state index contributed by atoms with van der Waals surface area (Å²) in [6.07, 6.45) is 10.1. The summed E-state index contributed by atoms with van der Waals surface area (Å²) < 4.78 is 0. The molecule has 0 bridgehead atoms. The lowest BCUT2D eigenvalue weighted by molar-refractivity contribution is 0.659. The number of allylic oxidation sites excluding steroid dienone is 3. The van der Waals surface area contributed by atoms with E-state index in [4.69, 9.17) is 9.97 Å². The molecule has 55 heavy (non-hydrogen) atoms. The molecule has 0 atom stereocenters. The highest BCUT2D eigenvalue weighted by Gasteiger charge is 2.36. The van der Waals surface area contributed by atoms with Gasteiger partial charge in [0.1, 0.15) is 0 Å². The van der Waals surface area contributed by atoms with Gasteiger partial charge in [0.05, 0.1) is 11.4 Å². The highest BCUT2D eigenvalue weighted by molar-refractivity contribution is 7.99. The van der Waals surface area contributed by atoms with Crippen molar-refractivity contribution in [1.82, 2.24) is 9.97 Å². The first-order chi connectivity index (χ1) is 26.9. The Morgan fingerprint density at radius 2 is 1.31 bits per heavy atom. The molecule has 1 aliphatic heterocycles. The molecule has 6 aromatic carbocycles. The zero-order valence-electron chi connectivity index (χ0n) is 31.1. The molecule has 0 amide bonds. The number of hydrogen-bond acceptors (Lipinski definition) is 4. The minimum Gasteiger partial charge on any atom is -0.273 e. The van der Waals surface area contributed by atoms with E-state index < -0.39 is 0 Å². The zero-order chi connectivity index (χ0) is 37.5. The van der Waals surface area contributed by atoms with Crippen LogP contribution >= 0.6 is 11.8 Å². The molecule has 4 heteroatoms. The number of nitrogens with zero attached hydrogens (tertiary/aromatic N) is 3. The summed E-state index contributed by atoms with van der Waals surface area (Å²) in [7, 11) is 0. The van der Waals surface area contributed by atoms with Crippen LogP contribution in [0.4, 0.5) is 0 Å². The highest BCUT2D eigenvalue weighted by Crippen LogP contribution is 2.53. The Morgan fingerprint density at radius 3 is 2.13 bits per heavy atom. The van der Waals surface area contributed by atoms with Crippen LogP contribution in [0.2, 0.25) is 0 Å². The molecule has 1 aromatic heterocycles. The van der Waals surface area contributed by atoms with Gasteiger partial charge in [-0.2, -0.15) is 0 Å². The monoisotopic (exact) mass is 725 g/mol. The lowest BCUT2D eigenvalue weighted by Crippen LogP contribution is -2.15. The topological polar surface area (TPSA) is 38.1 Å². The summed E-state index contributed by atoms with van der Waals surface area (Å²) in [5.74, 6) is 0.684. The molecule has 2 aliphatic rings. The number of rotatable bonds is 5. The SMILES string of the molecule is C=N/C=C\C=C(/C)c1cc(-c2ccc3c(c2)-c2cc4c(cc2Sc2ccccc2-c2ccccc2/C=C\3)C(C)(C)c2ccccc2-4)nc(-c2ccccc2)n1. The Labute approximate surface area is 327 Å². The van der Waals surface area contributed by atoms with Crippen molar-refractivity contribution in [2.45, 2.75) is 36.0 Å². The van der Waals surface area contributed by atoms with E-state index >= 15 is 0 Å². The number of hydrogen-bond donors (Lipinski definition) is 0. The van der Waals surface area contributed by atoms with Crippen LogP contribution in [0.15, 0.2) is 173 Å². The second-order valence-electron chi connectivity index (χ2n) is 14.6. The Morgan fingerprint density at radius 1 is 0.600 bits per heavy atom. The molecular weight excluding hydrogens is 687 g/mol. The van der Waals surface area contributed by atoms with Gasteiger partial charge in [0, 0.05) is 32.5 Å². The van der Waals surface area contributed by atoms with Crippen molar-refractivity contribution >= 4 is 36.2 Å². The van der Waals surface area contributed by atoms with Gasteiger partial charge < -0.3 is 0 Å². The maximum absolute atomic E-state index is 5.21. The molecule has 7 aromatic rings. The maximum atomic E-state index is 5.21. The molecule has 2 heterocycles. The van der Waals surface area contributed by atoms with Gasteiger partial charge in [0.25, 0.3) is 0 Å². The van der Waals surface area contributed by atoms with E-state index in [0.717, 1.165) is 39.2 Å². The number of benzene rings is 6. The average molecular weight is 726 g/mol. The predicted octanol–water partition coefficient (Wildman–Crippen LogP) is 13.7. The standard InChI is InChI=1S/C51H39N3S/c1-33(15-14-28-52-4)46-32-47(54-50(53-46)36-17-6-5-7-18-36)37-27-26-35-25-24-34-16-8-9-19-38(34)40-21-11-13-23-48(40)55-49-31-45-42(30-43(49)41(35)29-37)39-20-10-12-22-44(39)51(45,2)3/h5-32H,4H2,1-3H3/b25-24-,28-14-,33-15+. The highest BCUT2D eigenvalue weighted by atomic mass is 32.2. The molecule has 1 aliphatic carbocycles. The van der Waals surface area contributed by atoms with Crippen LogP contribution in [0, 0.1) is 0 Å². The van der Waals surface area contributed by atoms with Crippen LogP contribution in [0.3, 0.4) is 0 Å². The molecule has 3 nitrogen and oxygen atoms in total. The van der Waals surface area contributed by atoms with Gasteiger partial charge in [-0.25, -0.2) is 9.97 Å². The van der Waals surface area contributed by atoms with Gasteiger partial charge in [0.2, 0.25) is 0 Å². The number of aliphatic imine (C=N–C) groups is 1. The summed E-state index contributed by atoms with van der Waals surface area (Å²) in [5.41, 5.74) is 17.1. The Bertz CT molecular complexity index is 2730. The molecule has 0 radical (unpaired) electrons. The third-order valence-corrected chi connectivity index (χ3v) is 12.0. The molecule has 0 saturated carbocycles. The molecule has 0 saturated heterocycles. The second-order valence-corrected chi connectivity index (χ2v) is 15.7. The summed E-state index contributed by atoms with van der Waals surface area (Å²) >= 11 is 1.86. The van der Waals surface area contributed by atoms with E-state index in [1.165, 1.54) is 54.3 Å². The van der Waals surface area contributed by atoms with Crippen LogP contribution in [-0.2, 0) is 5.41 Å². The second kappa shape index (κ2) is 14.1. The van der Waals surface area contributed by atoms with E-state index in [9.17, 15) is 0 Å². The van der Waals surface area contributed by atoms with Crippen LogP contribution in [0.25, 0.3) is 73.8 Å². The summed E-state index contributed by atoms with van der Waals surface area (Å²) in [4.78, 5) is 16.6. The summed E-state index contributed by atoms with van der Waals surface area (Å²) in [6, 6.07) is 50.4. The van der Waals surface area contributed by atoms with Crippen molar-refractivity contribution in [2.75, 3.05) is 0 Å². The normalized spacial score (nSPS) is 14.4. The quantitative estimate of drug-likeness (QED) is 0.131. The van der Waals surface area contributed by atoms with E-state index in [-0.39, 0.29) is 5.41 Å². The maximum Gasteiger partial charge on any atom is 0.160 e. The third kappa shape index (κ3) is 6.29. The minimum atomic E-state index is -0.127. The molecule has 9 rings (SSSR count). The average Bonchev–Trinajstić information content (AvgIpc) is 3.44. The van der Waals surface area contributed by atoms with E-state index in [0.29, 0.717) is 5.82 Å². The predicted molar refractivity (Wildman–Crippen MR) is 233 cm³/mol. The number of fused-ring (bicyclic) bond motifs is 9. The molecule has 0 N–H and O–H groups in total. The third-order valence-electron chi connectivity index (χ3n) is 10.8. The smallest absolute Gasteiger partial charge is 0.160 e. The van der Waals surface area contributed by atoms with Crippen LogP contribution in [-0.4, -0.2) is 16.7 Å². The molecule has 264 valence electrons. The summed E-state index contributed by atoms with van der Waals surface area (Å²) in [5, 5.41) is 0. The fraction of sp³-hybridized carbons (Fsp3) is 0.0784. The van der Waals surface area contributed by atoms with E-state index in [1.54, 1.807) is 6.20 Å². The van der Waals surface area contributed by atoms with Crippen LogP contribution in [0.5, 0.6) is 0 Å². The van der Waals surface area contributed by atoms with Crippen LogP contribution < -0.4 is 0 Å². The van der Waals surface area contributed by atoms with E-state index in [2.05, 4.69) is 166 Å². The van der Waals surface area contributed by atoms with Crippen molar-refractivity contribution in [3.8, 4) is 56.0 Å². The van der Waals surface area contributed by atoms with Crippen LogP contribution in [0.1, 0.15) is 48.7 Å². The van der Waals surface area contributed by atoms with E-state index in [1.807, 2.05) is 42.1 Å². The first kappa shape index (κ1) is 34.4. The van der Waals surface area contributed by atoms with Gasteiger partial charge in [-0.1, -0.05) is 153 Å². The van der Waals surface area contributed by atoms with Gasteiger partial charge in [-0.15, -0.1) is 0 Å². The largest absolute Gasteiger partial charge is 0.273 e. The fourth-order valence-electron chi connectivity index (χ4n) is 7.93. The molecule has 0 fully saturated rings. The Kier molecular flexibility index (Phi) is 8.84. The Hall–Kier alpha value is -6.36. The first-order valence-corrected chi connectivity index (χ1v) is 19.4. The zero-order valence-corrected chi connectivity index (χ0v) is 31.9. The first-order valence-electron chi connectivity index (χ1n) is 18.6. The fourth-order valence-corrected chi connectivity index (χ4v) is 9.05. The van der Waals surface area contributed by atoms with Gasteiger partial charge >= 0.3 is 0 Å². The van der Waals surface area contributed by atoms with Crippen molar-refractivity contribution in [3.05, 3.63) is 186 Å². The minimum absolute atomic E-state index is 0.127. The van der Waals surface area contributed by atoms with Gasteiger partial charge in [0.15, 0.2) is 5.82 Å². The Balaban J connectivity index is 1.31. The molecule has 0 unspecified atom stereocenters. The molecule has 0 spiro atoms. The van der Waals surface area contributed by atoms with Crippen molar-refractivity contribution in [3.63, 3.8) is 0 Å². The lowest BCUT2D eigenvalue weighted by Gasteiger charge is -2.23. The lowest BCUT2D eigenvalue weighted by atomic mass is 9.82. The van der Waals surface area contributed by atoms with Gasteiger partial charge in [-0.3, -0.25) is 4.99 Å². The summed E-state index contributed by atoms with van der Waals surface area (Å²) in [6.45, 7) is 10.4. The molecular formula is C51H39N3S. The van der Waals surface area contributed by atoms with Crippen molar-refractivity contribution < 1.29 is 0 Å². The van der Waals surface area contributed by atoms with Gasteiger partial charge in [-0.05, 0) is 111 Å². The number of aromatic nitrogens is 2. The van der Waals surface area contributed by atoms with Crippen molar-refractivity contribution in [2.24, 2.45) is 4.99 Å².